The van der Waals surface area contributed by atoms with E-state index in [1.807, 2.05) is 0 Å². The van der Waals surface area contributed by atoms with Crippen molar-refractivity contribution in [2.45, 2.75) is 24.9 Å². The van der Waals surface area contributed by atoms with Gasteiger partial charge in [0.25, 0.3) is 5.91 Å². The number of hydrogen-bond donors (Lipinski definition) is 1. The Morgan fingerprint density at radius 2 is 1.50 bits per heavy atom. The number of rotatable bonds is 5. The van der Waals surface area contributed by atoms with Crippen LogP contribution in [0.15, 0.2) is 71.6 Å². The topological polar surface area (TPSA) is 68.2 Å². The predicted molar refractivity (Wildman–Crippen MR) is 133 cm³/mol. The molecule has 0 aliphatic carbocycles. The number of alkyl halides is 3. The fourth-order valence-electron chi connectivity index (χ4n) is 4.23. The number of nitrogens with one attached hydrogen (secondary N) is 1. The van der Waals surface area contributed by atoms with Crippen LogP contribution in [0.1, 0.15) is 27.3 Å². The van der Waals surface area contributed by atoms with Crippen LogP contribution in [0.2, 0.25) is 0 Å². The second-order valence-corrected chi connectivity index (χ2v) is 10.7. The summed E-state index contributed by atoms with van der Waals surface area (Å²) in [4.78, 5) is 13.0. The van der Waals surface area contributed by atoms with Crippen LogP contribution in [0, 0.1) is 25.5 Å². The van der Waals surface area contributed by atoms with Crippen LogP contribution in [0.5, 0.6) is 0 Å². The predicted octanol–water partition coefficient (Wildman–Crippen LogP) is 6.71. The van der Waals surface area contributed by atoms with E-state index in [-0.39, 0.29) is 27.4 Å². The molecule has 198 valence electrons. The molecule has 1 aromatic heterocycles. The van der Waals surface area contributed by atoms with Crippen LogP contribution in [0.25, 0.3) is 16.8 Å². The van der Waals surface area contributed by atoms with E-state index in [2.05, 4.69) is 5.32 Å². The van der Waals surface area contributed by atoms with Gasteiger partial charge in [0.15, 0.2) is 9.84 Å². The van der Waals surface area contributed by atoms with Crippen molar-refractivity contribution in [3.05, 3.63) is 101 Å². The lowest BCUT2D eigenvalue weighted by atomic mass is 10.00. The minimum absolute atomic E-state index is 0.0621. The van der Waals surface area contributed by atoms with Crippen molar-refractivity contribution < 1.29 is 35.2 Å². The molecule has 0 aliphatic rings. The Hall–Kier alpha value is -3.99. The van der Waals surface area contributed by atoms with Crippen molar-refractivity contribution in [2.75, 3.05) is 11.6 Å². The molecule has 4 aromatic rings. The van der Waals surface area contributed by atoms with E-state index in [0.29, 0.717) is 17.4 Å². The fraction of sp³-hybridized carbons (Fsp3) is 0.148. The van der Waals surface area contributed by atoms with Gasteiger partial charge in [-0.3, -0.25) is 4.79 Å². The Balaban J connectivity index is 1.75. The molecule has 0 saturated carbocycles. The van der Waals surface area contributed by atoms with Gasteiger partial charge >= 0.3 is 6.18 Å². The highest BCUT2D eigenvalue weighted by Gasteiger charge is 2.35. The molecule has 0 bridgehead atoms. The zero-order chi connectivity index (χ0) is 28.0. The highest BCUT2D eigenvalue weighted by atomic mass is 32.2. The molecule has 1 N–H and O–H groups in total. The summed E-state index contributed by atoms with van der Waals surface area (Å²) < 4.78 is 95.5. The van der Waals surface area contributed by atoms with E-state index >= 15 is 0 Å². The van der Waals surface area contributed by atoms with Crippen molar-refractivity contribution in [3.63, 3.8) is 0 Å². The van der Waals surface area contributed by atoms with Gasteiger partial charge in [0.05, 0.1) is 27.3 Å². The second kappa shape index (κ2) is 9.71. The van der Waals surface area contributed by atoms with Gasteiger partial charge in [-0.15, -0.1) is 0 Å². The van der Waals surface area contributed by atoms with Crippen LogP contribution in [-0.2, 0) is 16.0 Å². The molecule has 0 radical (unpaired) electrons. The normalized spacial score (nSPS) is 12.0. The molecule has 11 heteroatoms. The molecule has 38 heavy (non-hydrogen) atoms. The molecule has 0 spiro atoms. The SMILES string of the molecule is Cc1cc(C(=O)Nc2ccc(S(C)(=O)=O)cc2)c(C)n1-c1ccc(-c2c(F)cccc2F)cc1C(F)(F)F. The maximum absolute atomic E-state index is 14.3. The summed E-state index contributed by atoms with van der Waals surface area (Å²) in [6.07, 6.45) is -3.83. The molecule has 0 unspecified atom stereocenters. The van der Waals surface area contributed by atoms with Crippen molar-refractivity contribution in [2.24, 2.45) is 0 Å². The average Bonchev–Trinajstić information content (AvgIpc) is 3.12. The largest absolute Gasteiger partial charge is 0.418 e. The summed E-state index contributed by atoms with van der Waals surface area (Å²) >= 11 is 0. The number of halogens is 5. The summed E-state index contributed by atoms with van der Waals surface area (Å²) in [6.45, 7) is 2.99. The summed E-state index contributed by atoms with van der Waals surface area (Å²) in [5.74, 6) is -2.61. The number of carbonyl (C=O) groups excluding carboxylic acids is 1. The smallest absolute Gasteiger partial charge is 0.322 e. The van der Waals surface area contributed by atoms with Crippen LogP contribution in [0.3, 0.4) is 0 Å². The van der Waals surface area contributed by atoms with E-state index in [4.69, 9.17) is 0 Å². The lowest BCUT2D eigenvalue weighted by Crippen LogP contribution is -2.15. The summed E-state index contributed by atoms with van der Waals surface area (Å²) in [6, 6.07) is 12.9. The van der Waals surface area contributed by atoms with Crippen molar-refractivity contribution in [1.29, 1.82) is 0 Å². The van der Waals surface area contributed by atoms with E-state index in [9.17, 15) is 35.2 Å². The molecular formula is C27H21F5N2O3S. The lowest BCUT2D eigenvalue weighted by molar-refractivity contribution is -0.137. The second-order valence-electron chi connectivity index (χ2n) is 8.70. The van der Waals surface area contributed by atoms with Crippen molar-refractivity contribution >= 4 is 21.4 Å². The first-order valence-corrected chi connectivity index (χ1v) is 13.0. The number of nitrogens with zero attached hydrogens (tertiary/aromatic N) is 1. The molecule has 0 atom stereocenters. The Morgan fingerprint density at radius 3 is 2.05 bits per heavy atom. The molecule has 1 amide bonds. The number of anilines is 1. The molecule has 0 aliphatic heterocycles. The quantitative estimate of drug-likeness (QED) is 0.282. The van der Waals surface area contributed by atoms with E-state index in [1.54, 1.807) is 0 Å². The molecule has 3 aromatic carbocycles. The third-order valence-electron chi connectivity index (χ3n) is 6.01. The zero-order valence-corrected chi connectivity index (χ0v) is 21.1. The number of sulfone groups is 1. The first-order valence-electron chi connectivity index (χ1n) is 11.1. The lowest BCUT2D eigenvalue weighted by Gasteiger charge is -2.19. The number of amides is 1. The van der Waals surface area contributed by atoms with Gasteiger partial charge in [-0.25, -0.2) is 17.2 Å². The summed E-state index contributed by atoms with van der Waals surface area (Å²) in [5.41, 5.74) is -1.42. The van der Waals surface area contributed by atoms with Crippen LogP contribution in [0.4, 0.5) is 27.6 Å². The van der Waals surface area contributed by atoms with Gasteiger partial charge < -0.3 is 9.88 Å². The molecule has 4 rings (SSSR count). The van der Waals surface area contributed by atoms with E-state index in [1.165, 1.54) is 54.8 Å². The first-order chi connectivity index (χ1) is 17.7. The van der Waals surface area contributed by atoms with E-state index in [0.717, 1.165) is 30.5 Å². The Morgan fingerprint density at radius 1 is 0.895 bits per heavy atom. The third kappa shape index (κ3) is 5.19. The van der Waals surface area contributed by atoms with Crippen LogP contribution < -0.4 is 5.32 Å². The van der Waals surface area contributed by atoms with Crippen molar-refractivity contribution in [3.8, 4) is 16.8 Å². The van der Waals surface area contributed by atoms with Gasteiger partial charge in [-0.05, 0) is 74.0 Å². The number of carbonyl (C=O) groups is 1. The Kier molecular flexibility index (Phi) is 6.92. The summed E-state index contributed by atoms with van der Waals surface area (Å²) in [5, 5.41) is 2.60. The molecule has 1 heterocycles. The van der Waals surface area contributed by atoms with Gasteiger partial charge in [-0.2, -0.15) is 13.2 Å². The minimum atomic E-state index is -4.87. The number of aryl methyl sites for hydroxylation is 1. The Labute approximate surface area is 215 Å². The van der Waals surface area contributed by atoms with Gasteiger partial charge in [0.2, 0.25) is 0 Å². The molecule has 0 fully saturated rings. The molecule has 5 nitrogen and oxygen atoms in total. The maximum atomic E-state index is 14.3. The van der Waals surface area contributed by atoms with Gasteiger partial charge in [-0.1, -0.05) is 12.1 Å². The number of benzene rings is 3. The standard InChI is InChI=1S/C27H21F5N2O3S/c1-15-13-20(26(35)33-18-8-10-19(11-9-18)38(3,36)37)16(2)34(15)24-12-7-17(14-21(24)27(30,31)32)25-22(28)5-4-6-23(25)29/h4-14H,1-3H3,(H,33,35). The molecule has 0 saturated heterocycles. The van der Waals surface area contributed by atoms with Gasteiger partial charge in [0.1, 0.15) is 11.6 Å². The first kappa shape index (κ1) is 27.1. The van der Waals surface area contributed by atoms with Crippen LogP contribution >= 0.6 is 0 Å². The Bertz CT molecular complexity index is 1640. The van der Waals surface area contributed by atoms with Gasteiger partial charge in [0, 0.05) is 23.3 Å². The third-order valence-corrected chi connectivity index (χ3v) is 7.14. The van der Waals surface area contributed by atoms with Crippen LogP contribution in [-0.4, -0.2) is 25.1 Å². The monoisotopic (exact) mass is 548 g/mol. The molecular weight excluding hydrogens is 527 g/mol. The highest BCUT2D eigenvalue weighted by molar-refractivity contribution is 7.90. The summed E-state index contributed by atoms with van der Waals surface area (Å²) in [7, 11) is -3.43. The number of hydrogen-bond acceptors (Lipinski definition) is 3. The highest BCUT2D eigenvalue weighted by Crippen LogP contribution is 2.39. The van der Waals surface area contributed by atoms with E-state index < -0.39 is 44.7 Å². The maximum Gasteiger partial charge on any atom is 0.418 e. The number of aromatic nitrogens is 1. The average molecular weight is 549 g/mol. The fourth-order valence-corrected chi connectivity index (χ4v) is 4.86. The minimum Gasteiger partial charge on any atom is -0.322 e. The van der Waals surface area contributed by atoms with Crippen molar-refractivity contribution in [1.82, 2.24) is 4.57 Å². The zero-order valence-electron chi connectivity index (χ0n) is 20.3.